The van der Waals surface area contributed by atoms with Crippen LogP contribution in [0.25, 0.3) is 54.3 Å². The van der Waals surface area contributed by atoms with Crippen LogP contribution in [-0.4, -0.2) is 113 Å². The zero-order valence-electron chi connectivity index (χ0n) is 78.1. The van der Waals surface area contributed by atoms with Gasteiger partial charge in [-0.2, -0.15) is 17.5 Å². The summed E-state index contributed by atoms with van der Waals surface area (Å²) in [4.78, 5) is 84.4. The normalized spacial score (nSPS) is 13.9. The number of anilines is 3. The number of aliphatic hydroxyl groups excluding tert-OH is 1. The van der Waals surface area contributed by atoms with Gasteiger partial charge in [0, 0.05) is 25.5 Å². The molecule has 3 amide bonds. The maximum absolute atomic E-state index is 12.5. The zero-order valence-corrected chi connectivity index (χ0v) is 86.6. The van der Waals surface area contributed by atoms with Gasteiger partial charge in [0.2, 0.25) is 0 Å². The van der Waals surface area contributed by atoms with Gasteiger partial charge >= 0.3 is 68.1 Å². The summed E-state index contributed by atoms with van der Waals surface area (Å²) in [5.41, 5.74) is 18.4. The number of benzene rings is 10. The van der Waals surface area contributed by atoms with Crippen LogP contribution in [0.3, 0.4) is 0 Å². The summed E-state index contributed by atoms with van der Waals surface area (Å²) in [5, 5.41) is 39.0. The van der Waals surface area contributed by atoms with Crippen LogP contribution in [0, 0.1) is 30.6 Å². The number of carboxylic acids is 2. The quantitative estimate of drug-likeness (QED) is 0.0150. The Kier molecular flexibility index (Phi) is 39.8. The fourth-order valence-electron chi connectivity index (χ4n) is 14.6. The Balaban J connectivity index is 0.000000184. The third-order valence-corrected chi connectivity index (χ3v) is 29.6. The topological polar surface area (TPSA) is 362 Å². The van der Waals surface area contributed by atoms with E-state index in [0.717, 1.165) is 150 Å². The van der Waals surface area contributed by atoms with Crippen LogP contribution in [0.15, 0.2) is 248 Å². The van der Waals surface area contributed by atoms with E-state index in [1.165, 1.54) is 54.2 Å². The maximum atomic E-state index is 12.5. The van der Waals surface area contributed by atoms with E-state index in [-0.39, 0.29) is 88.5 Å². The monoisotopic (exact) mass is 2160 g/mol. The summed E-state index contributed by atoms with van der Waals surface area (Å²) in [5.74, 6) is -1.95. The zero-order chi connectivity index (χ0) is 98.8. The van der Waals surface area contributed by atoms with Gasteiger partial charge in [-0.1, -0.05) is 248 Å². The molecule has 14 aromatic rings. The molecule has 0 bridgehead atoms. The molecule has 4 aromatic heterocycles. The fourth-order valence-corrected chi connectivity index (χ4v) is 18.9. The molecular formula is C105H102BCl4ILiN7O18S4. The number of hydrogen-bond acceptors (Lipinski definition) is 24. The third kappa shape index (κ3) is 28.7. The molecule has 728 valence electrons. The number of aromatic nitrogens is 4. The van der Waals surface area contributed by atoms with Crippen LogP contribution >= 0.6 is 115 Å². The first kappa shape index (κ1) is 112. The van der Waals surface area contributed by atoms with Crippen molar-refractivity contribution < 1.29 is 106 Å². The van der Waals surface area contributed by atoms with Crippen molar-refractivity contribution in [2.45, 2.75) is 155 Å². The molecule has 10 aromatic carbocycles. The van der Waals surface area contributed by atoms with Crippen molar-refractivity contribution in [3.63, 3.8) is 0 Å². The Labute approximate surface area is 880 Å². The molecule has 0 unspecified atom stereocenters. The second kappa shape index (κ2) is 50.2. The van der Waals surface area contributed by atoms with Crippen LogP contribution in [-0.2, 0) is 90.0 Å². The van der Waals surface area contributed by atoms with Gasteiger partial charge in [-0.15, -0.1) is 0 Å². The van der Waals surface area contributed by atoms with E-state index in [9.17, 15) is 38.7 Å². The summed E-state index contributed by atoms with van der Waals surface area (Å²) in [6.07, 6.45) is 3.17. The van der Waals surface area contributed by atoms with Crippen molar-refractivity contribution in [2.24, 2.45) is 0 Å². The van der Waals surface area contributed by atoms with Crippen molar-refractivity contribution >= 4 is 187 Å². The molecule has 18 rings (SSSR count). The minimum absolute atomic E-state index is 0. The predicted octanol–water partition coefficient (Wildman–Crippen LogP) is 23.5. The SMILES string of the molecule is C.COC(=O)C1(c2ccc(-c3ccc(-c4snc(C)c4NC(=O)OCc4ccc(Cl)cc4)cc3)cc2)CC1.COC(=O)C1(c2ccc(-c3ccc(B4OC(C)(C)C(C)(C)O4)cc3)cc2)CC1.Cc1nsc(-c2ccc(-c3ccc(C4(C(=O)O)CC4)cc3)cc2)c1NC(=O)OCc1ccc(Cl)cc1.Cc1nsc(I)c1NC(=O)OCc1ccc(Cl)cc1.Cc1nscc1C(=O)O.OCc1ccc(Cl)cc1.[Li+].[OH-]. The predicted molar refractivity (Wildman–Crippen MR) is 563 cm³/mol. The molecule has 5 heterocycles. The van der Waals surface area contributed by atoms with Crippen LogP contribution in [0.2, 0.25) is 20.1 Å². The largest absolute Gasteiger partial charge is 1.00 e. The van der Waals surface area contributed by atoms with Crippen LogP contribution in [0.5, 0.6) is 0 Å². The second-order valence-electron chi connectivity index (χ2n) is 33.9. The third-order valence-electron chi connectivity index (χ3n) is 24.0. The molecule has 0 atom stereocenters. The smallest absolute Gasteiger partial charge is 0.870 e. The van der Waals surface area contributed by atoms with Crippen molar-refractivity contribution in [2.75, 3.05) is 30.2 Å². The number of nitrogens with zero attached hydrogens (tertiary/aromatic N) is 4. The number of carboxylic acid groups (broad SMARTS) is 2. The minimum atomic E-state index is -0.902. The summed E-state index contributed by atoms with van der Waals surface area (Å²) in [6.45, 7) is 16.0. The molecule has 25 nitrogen and oxygen atoms in total. The van der Waals surface area contributed by atoms with Gasteiger partial charge in [0.05, 0.1) is 103 Å². The van der Waals surface area contributed by atoms with E-state index in [2.05, 4.69) is 120 Å². The van der Waals surface area contributed by atoms with Gasteiger partial charge in [-0.3, -0.25) is 30.3 Å². The first-order chi connectivity index (χ1) is 66.0. The number of carbonyl (C=O) groups excluding carboxylic acids is 5. The Morgan fingerprint density at radius 3 is 0.957 bits per heavy atom. The summed E-state index contributed by atoms with van der Waals surface area (Å²) < 4.78 is 55.8. The molecule has 1 aliphatic heterocycles. The molecule has 4 fully saturated rings. The number of hydrogen-bond donors (Lipinski definition) is 6. The molecule has 36 heteroatoms. The van der Waals surface area contributed by atoms with Crippen LogP contribution < -0.4 is 40.3 Å². The molecule has 4 aliphatic rings. The number of halogens is 5. The van der Waals surface area contributed by atoms with E-state index in [1.807, 2.05) is 166 Å². The molecule has 3 aliphatic carbocycles. The Bertz CT molecular complexity index is 6580. The van der Waals surface area contributed by atoms with Gasteiger partial charge < -0.3 is 53.8 Å². The Morgan fingerprint density at radius 1 is 0.404 bits per heavy atom. The number of esters is 2. The molecular weight excluding hydrogens is 2060 g/mol. The molecule has 3 saturated carbocycles. The van der Waals surface area contributed by atoms with E-state index < -0.39 is 46.5 Å². The van der Waals surface area contributed by atoms with Crippen molar-refractivity contribution in [1.29, 1.82) is 0 Å². The van der Waals surface area contributed by atoms with Gasteiger partial charge in [0.25, 0.3) is 0 Å². The maximum Gasteiger partial charge on any atom is 1.00 e. The van der Waals surface area contributed by atoms with E-state index in [4.69, 9.17) is 89.6 Å². The Hall–Kier alpha value is -11.2. The minimum Gasteiger partial charge on any atom is -0.870 e. The first-order valence-electron chi connectivity index (χ1n) is 43.5. The summed E-state index contributed by atoms with van der Waals surface area (Å²) in [6, 6.07) is 77.0. The molecule has 141 heavy (non-hydrogen) atoms. The molecule has 7 N–H and O–H groups in total. The van der Waals surface area contributed by atoms with Gasteiger partial charge in [-0.25, -0.2) is 19.2 Å². The van der Waals surface area contributed by atoms with E-state index in [0.29, 0.717) is 66.9 Å². The molecule has 0 radical (unpaired) electrons. The number of nitrogens with one attached hydrogen (secondary N) is 3. The average Bonchev–Trinajstić information content (AvgIpc) is 1.61. The van der Waals surface area contributed by atoms with Crippen LogP contribution in [0.4, 0.5) is 31.4 Å². The number of carbonyl (C=O) groups is 7. The van der Waals surface area contributed by atoms with Crippen molar-refractivity contribution in [1.82, 2.24) is 17.5 Å². The molecule has 0 spiro atoms. The van der Waals surface area contributed by atoms with Gasteiger partial charge in [0.1, 0.15) is 22.7 Å². The fraction of sp³-hybridized carbons (Fsp3) is 0.248. The average molecular weight is 2160 g/mol. The Morgan fingerprint density at radius 2 is 0.688 bits per heavy atom. The second-order valence-corrected chi connectivity index (χ2v) is 40.4. The number of aliphatic carboxylic acids is 1. The summed E-state index contributed by atoms with van der Waals surface area (Å²) in [7, 11) is 2.54. The summed E-state index contributed by atoms with van der Waals surface area (Å²) >= 11 is 30.4. The standard InChI is InChI=1S/C29H25ClN2O4S.C28H23ClN2O4S.C23H27BO4.C12H10ClIN2O2S.C7H7ClO.C5H5NO2S.CH4.Li.H2O/c1-18-25(31-28(34)36-17-19-3-13-24(30)14-4-19)26(37-32-18)22-7-5-20(6-8-22)21-9-11-23(12-10-21)29(15-16-29)27(33)35-2;1-17-24(30-27(34)35-16-18-2-12-23(29)13-3-18)25(36-31-17)21-6-4-19(5-7-21)20-8-10-22(11-9-20)28(14-15-28)26(32)33;1-21(2)22(3,4)28-24(27-21)19-12-8-17(9-13-19)16-6-10-18(11-7-16)23(14-15-23)20(25)26-5;1-7-10(11(14)19-16-7)15-12(17)18-6-8-2-4-9(13)5-3-8;8-7-3-1-6(5-9)2-4-7;1-3-4(5(7)8)2-9-6-3;;;/h3-14H,15-17H2,1-2H3,(H,31,34);2-13H,14-16H2,1H3,(H,30,34)(H,32,33);6-13H,14-15H2,1-5H3;2-5H,6H2,1H3,(H,15,17);1-4,9H,5H2;2H,1H3,(H,7,8);1H4;;1H2/q;;;;;;;+1;/p-1. The van der Waals surface area contributed by atoms with E-state index in [1.54, 1.807) is 67.6 Å². The molecule has 1 saturated heterocycles. The number of aliphatic hydroxyl groups is 1. The number of ether oxygens (including phenoxy) is 5. The number of rotatable bonds is 23. The van der Waals surface area contributed by atoms with Gasteiger partial charge in [-0.05, 0) is 300 Å². The number of methoxy groups -OCH3 is 2. The van der Waals surface area contributed by atoms with Crippen molar-refractivity contribution in [3.05, 3.63) is 338 Å². The van der Waals surface area contributed by atoms with E-state index >= 15 is 0 Å². The first-order valence-corrected chi connectivity index (χ1v) is 49.3. The number of aryl methyl sites for hydroxylation is 4. The van der Waals surface area contributed by atoms with Crippen molar-refractivity contribution in [3.8, 4) is 54.3 Å². The van der Waals surface area contributed by atoms with Crippen LogP contribution in [0.1, 0.15) is 146 Å². The number of amides is 3. The number of aromatic carboxylic acids is 1. The van der Waals surface area contributed by atoms with Gasteiger partial charge in [0.15, 0.2) is 0 Å².